The fourth-order valence-corrected chi connectivity index (χ4v) is 4.27. The van der Waals surface area contributed by atoms with Crippen molar-refractivity contribution in [2.75, 3.05) is 5.32 Å². The van der Waals surface area contributed by atoms with E-state index in [2.05, 4.69) is 10.6 Å². The van der Waals surface area contributed by atoms with Gasteiger partial charge in [-0.1, -0.05) is 48.5 Å². The molecular formula is C29H23F2N3O2. The lowest BCUT2D eigenvalue weighted by atomic mass is 10.1. The third-order valence-electron chi connectivity index (χ3n) is 6.12. The highest BCUT2D eigenvalue weighted by Gasteiger charge is 2.36. The van der Waals surface area contributed by atoms with Crippen molar-refractivity contribution < 1.29 is 18.4 Å². The summed E-state index contributed by atoms with van der Waals surface area (Å²) in [7, 11) is 0. The number of fused-ring (bicyclic) bond motifs is 1. The molecule has 1 atom stereocenters. The molecule has 1 aliphatic heterocycles. The Morgan fingerprint density at radius 1 is 0.806 bits per heavy atom. The van der Waals surface area contributed by atoms with Crippen molar-refractivity contribution in [3.05, 3.63) is 137 Å². The molecule has 0 aliphatic carbocycles. The average Bonchev–Trinajstić information content (AvgIpc) is 3.15. The maximum absolute atomic E-state index is 13.4. The first kappa shape index (κ1) is 23.2. The van der Waals surface area contributed by atoms with Crippen LogP contribution in [0.15, 0.2) is 97.1 Å². The number of rotatable bonds is 7. The van der Waals surface area contributed by atoms with E-state index in [-0.39, 0.29) is 30.0 Å². The van der Waals surface area contributed by atoms with E-state index in [4.69, 9.17) is 0 Å². The molecule has 0 spiro atoms. The van der Waals surface area contributed by atoms with Gasteiger partial charge in [-0.25, -0.2) is 8.78 Å². The average molecular weight is 484 g/mol. The maximum Gasteiger partial charge on any atom is 0.256 e. The zero-order valence-electron chi connectivity index (χ0n) is 19.2. The first-order chi connectivity index (χ1) is 17.5. The Kier molecular flexibility index (Phi) is 6.45. The molecule has 36 heavy (non-hydrogen) atoms. The topological polar surface area (TPSA) is 61.4 Å². The van der Waals surface area contributed by atoms with Crippen molar-refractivity contribution in [3.63, 3.8) is 0 Å². The van der Waals surface area contributed by atoms with E-state index in [9.17, 15) is 18.4 Å². The summed E-state index contributed by atoms with van der Waals surface area (Å²) < 4.78 is 26.5. The summed E-state index contributed by atoms with van der Waals surface area (Å²) in [5.74, 6) is -1.06. The fourth-order valence-electron chi connectivity index (χ4n) is 4.27. The molecule has 0 fully saturated rings. The summed E-state index contributed by atoms with van der Waals surface area (Å²) in [6, 6.07) is 26.4. The number of hydrogen-bond donors (Lipinski definition) is 2. The van der Waals surface area contributed by atoms with Crippen LogP contribution in [0, 0.1) is 11.6 Å². The molecular weight excluding hydrogens is 460 g/mol. The fraction of sp³-hybridized carbons (Fsp3) is 0.103. The van der Waals surface area contributed by atoms with Crippen molar-refractivity contribution in [2.24, 2.45) is 0 Å². The van der Waals surface area contributed by atoms with E-state index < -0.39 is 6.17 Å². The molecule has 5 nitrogen and oxygen atoms in total. The molecule has 5 rings (SSSR count). The second kappa shape index (κ2) is 10.00. The Labute approximate surface area is 207 Å². The zero-order chi connectivity index (χ0) is 25.1. The van der Waals surface area contributed by atoms with Crippen LogP contribution in [0.4, 0.5) is 14.5 Å². The van der Waals surface area contributed by atoms with Crippen LogP contribution in [0.5, 0.6) is 0 Å². The molecule has 4 aromatic rings. The number of carbonyl (C=O) groups is 2. The molecule has 180 valence electrons. The minimum absolute atomic E-state index is 0.124. The van der Waals surface area contributed by atoms with E-state index in [0.29, 0.717) is 23.4 Å². The summed E-state index contributed by atoms with van der Waals surface area (Å²) in [6.07, 6.45) is -0.462. The molecule has 1 unspecified atom stereocenters. The second-order valence-corrected chi connectivity index (χ2v) is 8.58. The molecule has 1 heterocycles. The van der Waals surface area contributed by atoms with Gasteiger partial charge in [0.25, 0.3) is 11.8 Å². The summed E-state index contributed by atoms with van der Waals surface area (Å²) >= 11 is 0. The van der Waals surface area contributed by atoms with Crippen LogP contribution in [-0.2, 0) is 13.1 Å². The highest BCUT2D eigenvalue weighted by molar-refractivity contribution is 5.99. The predicted molar refractivity (Wildman–Crippen MR) is 133 cm³/mol. The molecule has 2 N–H and O–H groups in total. The van der Waals surface area contributed by atoms with Crippen molar-refractivity contribution in [1.29, 1.82) is 0 Å². The van der Waals surface area contributed by atoms with Crippen molar-refractivity contribution in [2.45, 2.75) is 19.3 Å². The maximum atomic E-state index is 13.4. The molecule has 7 heteroatoms. The van der Waals surface area contributed by atoms with Crippen LogP contribution in [0.2, 0.25) is 0 Å². The molecule has 4 aromatic carbocycles. The van der Waals surface area contributed by atoms with E-state index in [1.165, 1.54) is 24.3 Å². The van der Waals surface area contributed by atoms with Crippen molar-refractivity contribution in [1.82, 2.24) is 10.2 Å². The Morgan fingerprint density at radius 2 is 1.47 bits per heavy atom. The van der Waals surface area contributed by atoms with Gasteiger partial charge in [-0.3, -0.25) is 9.59 Å². The number of nitrogens with one attached hydrogen (secondary N) is 2. The number of anilines is 1. The standard InChI is InChI=1S/C29H23F2N3O2/c30-22-12-8-19(9-13-22)17-32-28(35)21-4-3-5-24(16-21)33-27-25-6-1-2-7-26(25)29(36)34(27)18-20-10-14-23(31)15-11-20/h1-16,27,33H,17-18H2,(H,32,35). The van der Waals surface area contributed by atoms with Gasteiger partial charge < -0.3 is 15.5 Å². The summed E-state index contributed by atoms with van der Waals surface area (Å²) in [5.41, 5.74) is 4.14. The number of hydrogen-bond acceptors (Lipinski definition) is 3. The van der Waals surface area contributed by atoms with Crippen LogP contribution in [0.3, 0.4) is 0 Å². The normalized spacial score (nSPS) is 14.4. The van der Waals surface area contributed by atoms with Crippen LogP contribution in [-0.4, -0.2) is 16.7 Å². The SMILES string of the molecule is O=C(NCc1ccc(F)cc1)c1cccc(NC2c3ccccc3C(=O)N2Cc2ccc(F)cc2)c1. The summed E-state index contributed by atoms with van der Waals surface area (Å²) in [5, 5.41) is 6.23. The van der Waals surface area contributed by atoms with E-state index in [0.717, 1.165) is 16.7 Å². The quantitative estimate of drug-likeness (QED) is 0.357. The number of nitrogens with zero attached hydrogens (tertiary/aromatic N) is 1. The molecule has 2 amide bonds. The van der Waals surface area contributed by atoms with Gasteiger partial charge in [-0.2, -0.15) is 0 Å². The van der Waals surface area contributed by atoms with Gasteiger partial charge in [0.15, 0.2) is 0 Å². The van der Waals surface area contributed by atoms with Gasteiger partial charge in [-0.15, -0.1) is 0 Å². The first-order valence-corrected chi connectivity index (χ1v) is 11.5. The molecule has 0 bridgehead atoms. The smallest absolute Gasteiger partial charge is 0.256 e. The van der Waals surface area contributed by atoms with Gasteiger partial charge in [0.1, 0.15) is 17.8 Å². The molecule has 0 saturated heterocycles. The number of benzene rings is 4. The highest BCUT2D eigenvalue weighted by atomic mass is 19.1. The minimum Gasteiger partial charge on any atom is -0.361 e. The zero-order valence-corrected chi connectivity index (χ0v) is 19.2. The second-order valence-electron chi connectivity index (χ2n) is 8.58. The van der Waals surface area contributed by atoms with Crippen molar-refractivity contribution >= 4 is 17.5 Å². The Bertz CT molecular complexity index is 1400. The van der Waals surface area contributed by atoms with Crippen molar-refractivity contribution in [3.8, 4) is 0 Å². The molecule has 0 radical (unpaired) electrons. The van der Waals surface area contributed by atoms with Crippen LogP contribution < -0.4 is 10.6 Å². The number of halogens is 2. The highest BCUT2D eigenvalue weighted by Crippen LogP contribution is 2.35. The lowest BCUT2D eigenvalue weighted by Crippen LogP contribution is -2.32. The summed E-state index contributed by atoms with van der Waals surface area (Å²) in [4.78, 5) is 27.7. The number of carbonyl (C=O) groups excluding carboxylic acids is 2. The Morgan fingerprint density at radius 3 is 2.19 bits per heavy atom. The van der Waals surface area contributed by atoms with Crippen LogP contribution in [0.25, 0.3) is 0 Å². The Hall–Kier alpha value is -4.52. The molecule has 0 aromatic heterocycles. The lowest BCUT2D eigenvalue weighted by Gasteiger charge is -2.27. The van der Waals surface area contributed by atoms with E-state index >= 15 is 0 Å². The van der Waals surface area contributed by atoms with Gasteiger partial charge >= 0.3 is 0 Å². The predicted octanol–water partition coefficient (Wildman–Crippen LogP) is 5.66. The van der Waals surface area contributed by atoms with E-state index in [1.54, 1.807) is 53.4 Å². The van der Waals surface area contributed by atoms with Gasteiger partial charge in [-0.05, 0) is 59.7 Å². The number of amides is 2. The third kappa shape index (κ3) is 4.95. The third-order valence-corrected chi connectivity index (χ3v) is 6.12. The van der Waals surface area contributed by atoms with Crippen LogP contribution in [0.1, 0.15) is 43.6 Å². The largest absolute Gasteiger partial charge is 0.361 e. The molecule has 0 saturated carbocycles. The van der Waals surface area contributed by atoms with Gasteiger partial charge in [0.2, 0.25) is 0 Å². The summed E-state index contributed by atoms with van der Waals surface area (Å²) in [6.45, 7) is 0.566. The minimum atomic E-state index is -0.462. The molecule has 1 aliphatic rings. The first-order valence-electron chi connectivity index (χ1n) is 11.5. The Balaban J connectivity index is 1.35. The lowest BCUT2D eigenvalue weighted by molar-refractivity contribution is 0.0728. The van der Waals surface area contributed by atoms with E-state index in [1.807, 2.05) is 24.3 Å². The van der Waals surface area contributed by atoms with Crippen LogP contribution >= 0.6 is 0 Å². The van der Waals surface area contributed by atoms with Gasteiger partial charge in [0, 0.05) is 35.5 Å². The van der Waals surface area contributed by atoms with Gasteiger partial charge in [0.05, 0.1) is 0 Å². The monoisotopic (exact) mass is 483 g/mol.